The first kappa shape index (κ1) is 16.5. The largest absolute Gasteiger partial charge is 0.379 e. The number of carbonyl (C=O) groups is 1. The van der Waals surface area contributed by atoms with Gasteiger partial charge in [0.25, 0.3) is 5.91 Å². The Kier molecular flexibility index (Phi) is 4.32. The van der Waals surface area contributed by atoms with Crippen LogP contribution in [-0.4, -0.2) is 27.0 Å². The van der Waals surface area contributed by atoms with Crippen molar-refractivity contribution in [3.63, 3.8) is 0 Å². The van der Waals surface area contributed by atoms with Crippen molar-refractivity contribution < 1.29 is 9.63 Å². The van der Waals surface area contributed by atoms with Gasteiger partial charge in [0.2, 0.25) is 5.60 Å². The zero-order valence-corrected chi connectivity index (χ0v) is 14.6. The Morgan fingerprint density at radius 2 is 2.21 bits per heavy atom. The Labute approximate surface area is 145 Å². The fourth-order valence-electron chi connectivity index (χ4n) is 2.64. The predicted octanol–water partition coefficient (Wildman–Crippen LogP) is 3.39. The van der Waals surface area contributed by atoms with Crippen LogP contribution in [0.3, 0.4) is 0 Å². The van der Waals surface area contributed by atoms with E-state index in [-0.39, 0.29) is 5.91 Å². The van der Waals surface area contributed by atoms with Crippen LogP contribution in [-0.2, 0) is 16.2 Å². The average molecular weight is 347 g/mol. The van der Waals surface area contributed by atoms with Gasteiger partial charge in [-0.1, -0.05) is 35.0 Å². The van der Waals surface area contributed by atoms with Gasteiger partial charge in [0.05, 0.1) is 11.4 Å². The monoisotopic (exact) mass is 346 g/mol. The lowest BCUT2D eigenvalue weighted by Gasteiger charge is -2.20. The maximum Gasteiger partial charge on any atom is 0.272 e. The van der Waals surface area contributed by atoms with Crippen molar-refractivity contribution in [2.45, 2.75) is 39.3 Å². The fraction of sp³-hybridized carbons (Fsp3) is 0.353. The van der Waals surface area contributed by atoms with E-state index in [0.717, 1.165) is 11.3 Å². The van der Waals surface area contributed by atoms with Gasteiger partial charge in [-0.2, -0.15) is 5.10 Å². The van der Waals surface area contributed by atoms with Gasteiger partial charge in [-0.3, -0.25) is 4.79 Å². The third kappa shape index (κ3) is 3.01. The molecule has 1 aliphatic rings. The number of oxime groups is 1. The van der Waals surface area contributed by atoms with Crippen molar-refractivity contribution in [3.8, 4) is 0 Å². The first-order chi connectivity index (χ1) is 11.4. The van der Waals surface area contributed by atoms with Crippen LogP contribution in [0.5, 0.6) is 0 Å². The number of aromatic nitrogens is 2. The Morgan fingerprint density at radius 3 is 2.92 bits per heavy atom. The molecule has 1 aliphatic heterocycles. The summed E-state index contributed by atoms with van der Waals surface area (Å²) in [4.78, 5) is 18.2. The van der Waals surface area contributed by atoms with Gasteiger partial charge >= 0.3 is 0 Å². The van der Waals surface area contributed by atoms with Gasteiger partial charge in [0.15, 0.2) is 0 Å². The topological polar surface area (TPSA) is 68.5 Å². The Bertz CT molecular complexity index is 815. The second-order valence-corrected chi connectivity index (χ2v) is 6.36. The lowest BCUT2D eigenvalue weighted by molar-refractivity contribution is -0.136. The molecule has 7 heteroatoms. The predicted molar refractivity (Wildman–Crippen MR) is 93.4 cm³/mol. The van der Waals surface area contributed by atoms with E-state index in [4.69, 9.17) is 16.4 Å². The lowest BCUT2D eigenvalue weighted by atomic mass is 9.95. The SMILES string of the molecule is CCn1nc(C)cc1NC(=O)C1(C)CC(c2ccccc2Cl)=NO1. The Hall–Kier alpha value is -2.34. The van der Waals surface area contributed by atoms with E-state index in [2.05, 4.69) is 15.6 Å². The van der Waals surface area contributed by atoms with Gasteiger partial charge in [0, 0.05) is 29.6 Å². The molecule has 1 unspecified atom stereocenters. The molecule has 2 aromatic rings. The van der Waals surface area contributed by atoms with Crippen LogP contribution in [0.1, 0.15) is 31.5 Å². The van der Waals surface area contributed by atoms with E-state index < -0.39 is 5.60 Å². The molecule has 0 saturated heterocycles. The normalized spacial score (nSPS) is 19.8. The first-order valence-electron chi connectivity index (χ1n) is 7.79. The number of benzene rings is 1. The maximum atomic E-state index is 12.7. The Morgan fingerprint density at radius 1 is 1.46 bits per heavy atom. The number of halogens is 1. The molecule has 24 heavy (non-hydrogen) atoms. The summed E-state index contributed by atoms with van der Waals surface area (Å²) in [7, 11) is 0. The molecule has 2 heterocycles. The summed E-state index contributed by atoms with van der Waals surface area (Å²) in [5.41, 5.74) is 1.21. The number of carbonyl (C=O) groups excluding carboxylic acids is 1. The molecule has 6 nitrogen and oxygen atoms in total. The van der Waals surface area contributed by atoms with E-state index in [1.54, 1.807) is 17.7 Å². The summed E-state index contributed by atoms with van der Waals surface area (Å²) >= 11 is 6.20. The van der Waals surface area contributed by atoms with Crippen molar-refractivity contribution in [1.29, 1.82) is 0 Å². The summed E-state index contributed by atoms with van der Waals surface area (Å²) < 4.78 is 1.74. The number of hydrogen-bond donors (Lipinski definition) is 1. The molecule has 3 rings (SSSR count). The van der Waals surface area contributed by atoms with Crippen LogP contribution in [0.2, 0.25) is 5.02 Å². The third-order valence-corrected chi connectivity index (χ3v) is 4.30. The second-order valence-electron chi connectivity index (χ2n) is 5.96. The highest BCUT2D eigenvalue weighted by atomic mass is 35.5. The Balaban J connectivity index is 1.76. The average Bonchev–Trinajstić information content (AvgIpc) is 3.11. The molecule has 0 spiro atoms. The molecule has 0 bridgehead atoms. The number of rotatable bonds is 4. The number of anilines is 1. The van der Waals surface area contributed by atoms with E-state index in [1.165, 1.54) is 0 Å². The number of aryl methyl sites for hydroxylation is 2. The van der Waals surface area contributed by atoms with E-state index in [0.29, 0.717) is 29.5 Å². The van der Waals surface area contributed by atoms with Crippen molar-refractivity contribution in [2.75, 3.05) is 5.32 Å². The molecule has 0 aliphatic carbocycles. The number of nitrogens with one attached hydrogen (secondary N) is 1. The summed E-state index contributed by atoms with van der Waals surface area (Å²) in [5.74, 6) is 0.388. The number of amides is 1. The highest BCUT2D eigenvalue weighted by Crippen LogP contribution is 2.30. The first-order valence-corrected chi connectivity index (χ1v) is 8.16. The third-order valence-electron chi connectivity index (χ3n) is 3.97. The molecule has 0 radical (unpaired) electrons. The summed E-state index contributed by atoms with van der Waals surface area (Å²) in [6.07, 6.45) is 0.349. The molecule has 1 amide bonds. The summed E-state index contributed by atoms with van der Waals surface area (Å²) in [5, 5.41) is 11.9. The zero-order valence-electron chi connectivity index (χ0n) is 13.8. The van der Waals surface area contributed by atoms with Crippen LogP contribution in [0.25, 0.3) is 0 Å². The van der Waals surface area contributed by atoms with Crippen LogP contribution >= 0.6 is 11.6 Å². The molecule has 126 valence electrons. The molecular weight excluding hydrogens is 328 g/mol. The van der Waals surface area contributed by atoms with Crippen LogP contribution < -0.4 is 5.32 Å². The van der Waals surface area contributed by atoms with E-state index in [1.807, 2.05) is 38.1 Å². The van der Waals surface area contributed by atoms with Gasteiger partial charge in [-0.25, -0.2) is 4.68 Å². The van der Waals surface area contributed by atoms with Crippen molar-refractivity contribution in [3.05, 3.63) is 46.6 Å². The van der Waals surface area contributed by atoms with Gasteiger partial charge in [-0.15, -0.1) is 0 Å². The minimum absolute atomic E-state index is 0.261. The van der Waals surface area contributed by atoms with Gasteiger partial charge in [0.1, 0.15) is 5.82 Å². The van der Waals surface area contributed by atoms with Crippen molar-refractivity contribution in [2.24, 2.45) is 5.16 Å². The van der Waals surface area contributed by atoms with Crippen LogP contribution in [0, 0.1) is 6.92 Å². The molecule has 0 saturated carbocycles. The number of nitrogens with zero attached hydrogens (tertiary/aromatic N) is 3. The van der Waals surface area contributed by atoms with Crippen molar-refractivity contribution in [1.82, 2.24) is 9.78 Å². The minimum atomic E-state index is -1.08. The smallest absolute Gasteiger partial charge is 0.272 e. The fourth-order valence-corrected chi connectivity index (χ4v) is 2.88. The van der Waals surface area contributed by atoms with Crippen LogP contribution in [0.15, 0.2) is 35.5 Å². The number of hydrogen-bond acceptors (Lipinski definition) is 4. The summed E-state index contributed by atoms with van der Waals surface area (Å²) in [6.45, 7) is 6.24. The molecule has 1 N–H and O–H groups in total. The van der Waals surface area contributed by atoms with Gasteiger partial charge < -0.3 is 10.2 Å². The maximum absolute atomic E-state index is 12.7. The van der Waals surface area contributed by atoms with E-state index in [9.17, 15) is 4.79 Å². The van der Waals surface area contributed by atoms with Gasteiger partial charge in [-0.05, 0) is 26.8 Å². The minimum Gasteiger partial charge on any atom is -0.379 e. The molecule has 1 aromatic carbocycles. The zero-order chi connectivity index (χ0) is 17.3. The molecule has 1 aromatic heterocycles. The second kappa shape index (κ2) is 6.28. The standard InChI is InChI=1S/C17H19ClN4O2/c1-4-22-15(9-11(2)20-22)19-16(23)17(3)10-14(21-24-17)12-7-5-6-8-13(12)18/h5-9H,4,10H2,1-3H3,(H,19,23). The highest BCUT2D eigenvalue weighted by Gasteiger charge is 2.43. The summed E-state index contributed by atoms with van der Waals surface area (Å²) in [6, 6.07) is 9.21. The quantitative estimate of drug-likeness (QED) is 0.922. The van der Waals surface area contributed by atoms with Crippen molar-refractivity contribution >= 4 is 29.0 Å². The van der Waals surface area contributed by atoms with E-state index >= 15 is 0 Å². The highest BCUT2D eigenvalue weighted by molar-refractivity contribution is 6.34. The molecular formula is C17H19ClN4O2. The van der Waals surface area contributed by atoms with Crippen LogP contribution in [0.4, 0.5) is 5.82 Å². The molecule has 1 atom stereocenters. The lowest BCUT2D eigenvalue weighted by Crippen LogP contribution is -2.40. The molecule has 0 fully saturated rings.